The van der Waals surface area contributed by atoms with Crippen molar-refractivity contribution in [2.24, 2.45) is 0 Å². The molecule has 7 nitrogen and oxygen atoms in total. The Balaban J connectivity index is 1.84. The lowest BCUT2D eigenvalue weighted by Crippen LogP contribution is -2.38. The minimum Gasteiger partial charge on any atom is -0.462 e. The number of para-hydroxylation sites is 1. The number of aromatic nitrogens is 2. The monoisotopic (exact) mass is 512 g/mol. The summed E-state index contributed by atoms with van der Waals surface area (Å²) in [5.41, 5.74) is 3.18. The van der Waals surface area contributed by atoms with Gasteiger partial charge in [-0.1, -0.05) is 38.0 Å². The second-order valence-corrected chi connectivity index (χ2v) is 10.8. The molecule has 1 aromatic heterocycles. The van der Waals surface area contributed by atoms with Crippen LogP contribution >= 0.6 is 11.8 Å². The summed E-state index contributed by atoms with van der Waals surface area (Å²) in [6.07, 6.45) is 8.34. The van der Waals surface area contributed by atoms with Gasteiger partial charge in [0.1, 0.15) is 11.0 Å². The van der Waals surface area contributed by atoms with Gasteiger partial charge in [-0.15, -0.1) is 11.8 Å². The van der Waals surface area contributed by atoms with Crippen LogP contribution in [-0.4, -0.2) is 56.8 Å². The lowest BCUT2D eigenvalue weighted by Gasteiger charge is -2.30. The van der Waals surface area contributed by atoms with Gasteiger partial charge in [-0.05, 0) is 43.9 Å². The van der Waals surface area contributed by atoms with Crippen molar-refractivity contribution in [3.8, 4) is 5.69 Å². The van der Waals surface area contributed by atoms with E-state index in [0.29, 0.717) is 12.2 Å². The number of benzene rings is 2. The number of thioether (sulfide) groups is 1. The molecule has 0 fully saturated rings. The molecule has 1 aliphatic rings. The van der Waals surface area contributed by atoms with E-state index in [9.17, 15) is 9.00 Å². The van der Waals surface area contributed by atoms with Crippen LogP contribution in [0.1, 0.15) is 43.5 Å². The highest BCUT2D eigenvalue weighted by atomic mass is 32.2. The van der Waals surface area contributed by atoms with Crippen LogP contribution in [0, 0.1) is 0 Å². The second-order valence-electron chi connectivity index (χ2n) is 8.42. The first kappa shape index (κ1) is 25.5. The van der Waals surface area contributed by atoms with Crippen molar-refractivity contribution < 1.29 is 13.7 Å². The smallest absolute Gasteiger partial charge is 0.341 e. The zero-order chi connectivity index (χ0) is 24.9. The fourth-order valence-corrected chi connectivity index (χ4v) is 6.19. The van der Waals surface area contributed by atoms with E-state index < -0.39 is 17.0 Å². The van der Waals surface area contributed by atoms with Gasteiger partial charge in [0.2, 0.25) is 0 Å². The molecule has 9 heteroatoms. The van der Waals surface area contributed by atoms with Gasteiger partial charge in [-0.3, -0.25) is 0 Å². The van der Waals surface area contributed by atoms with E-state index in [2.05, 4.69) is 35.1 Å². The third-order valence-corrected chi connectivity index (χ3v) is 8.50. The van der Waals surface area contributed by atoms with Gasteiger partial charge in [-0.25, -0.2) is 18.0 Å². The van der Waals surface area contributed by atoms with Crippen molar-refractivity contribution in [3.05, 3.63) is 60.4 Å². The molecule has 1 aliphatic heterocycles. The van der Waals surface area contributed by atoms with E-state index in [-0.39, 0.29) is 6.04 Å². The largest absolute Gasteiger partial charge is 0.462 e. The average Bonchev–Trinajstić information content (AvgIpc) is 3.35. The normalized spacial score (nSPS) is 18.2. The molecule has 3 aromatic rings. The van der Waals surface area contributed by atoms with Crippen molar-refractivity contribution >= 4 is 40.1 Å². The number of esters is 1. The molecule has 0 bridgehead atoms. The summed E-state index contributed by atoms with van der Waals surface area (Å²) in [4.78, 5) is 16.2. The van der Waals surface area contributed by atoms with Crippen LogP contribution in [-0.2, 0) is 15.7 Å². The van der Waals surface area contributed by atoms with Crippen molar-refractivity contribution in [2.45, 2.75) is 48.9 Å². The summed E-state index contributed by atoms with van der Waals surface area (Å²) < 4.78 is 22.6. The molecule has 2 aromatic carbocycles. The van der Waals surface area contributed by atoms with Crippen LogP contribution in [0.4, 0.5) is 11.4 Å². The fourth-order valence-electron chi connectivity index (χ4n) is 4.29. The van der Waals surface area contributed by atoms with Crippen LogP contribution in [0.2, 0.25) is 0 Å². The number of carbonyl (C=O) groups is 1. The Bertz CT molecular complexity index is 1200. The van der Waals surface area contributed by atoms with Gasteiger partial charge < -0.3 is 9.64 Å². The van der Waals surface area contributed by atoms with E-state index in [1.807, 2.05) is 41.9 Å². The number of carbonyl (C=O) groups excluding carboxylic acids is 1. The summed E-state index contributed by atoms with van der Waals surface area (Å²) in [6.45, 7) is 5.02. The summed E-state index contributed by atoms with van der Waals surface area (Å²) in [6, 6.07) is 14.5. The zero-order valence-corrected chi connectivity index (χ0v) is 22.3. The Labute approximate surface area is 214 Å². The number of hydrogen-bond acceptors (Lipinski definition) is 6. The molecule has 0 aliphatic carbocycles. The Hall–Kier alpha value is -2.62. The minimum atomic E-state index is -1.35. The molecular weight excluding hydrogens is 480 g/mol. The number of fused-ring (bicyclic) bond motifs is 1. The first-order valence-electron chi connectivity index (χ1n) is 11.9. The molecule has 4 rings (SSSR count). The van der Waals surface area contributed by atoms with Gasteiger partial charge in [0, 0.05) is 36.4 Å². The van der Waals surface area contributed by atoms with E-state index in [1.54, 1.807) is 29.6 Å². The van der Waals surface area contributed by atoms with Gasteiger partial charge in [0.15, 0.2) is 0 Å². The summed E-state index contributed by atoms with van der Waals surface area (Å²) in [5.74, 6) is -0.406. The van der Waals surface area contributed by atoms with Crippen LogP contribution in [0.5, 0.6) is 0 Å². The molecule has 0 amide bonds. The Kier molecular flexibility index (Phi) is 8.30. The number of anilines is 2. The molecule has 0 saturated carbocycles. The molecule has 186 valence electrons. The van der Waals surface area contributed by atoms with Crippen molar-refractivity contribution in [2.75, 3.05) is 31.4 Å². The molecule has 2 atom stereocenters. The third kappa shape index (κ3) is 5.32. The first-order valence-corrected chi connectivity index (χ1v) is 14.2. The topological polar surface area (TPSA) is 67.7 Å². The SMILES string of the molecule is CCCCC1CN(c2ccccc2)c2cc(SC)c(-n3cc(C(=O)OCC)cn3)cc2S(=O)N1C. The highest BCUT2D eigenvalue weighted by molar-refractivity contribution is 7.98. The maximum Gasteiger partial charge on any atom is 0.341 e. The highest BCUT2D eigenvalue weighted by Crippen LogP contribution is 2.40. The van der Waals surface area contributed by atoms with E-state index in [0.717, 1.165) is 52.7 Å². The molecule has 2 unspecified atom stereocenters. The van der Waals surface area contributed by atoms with Crippen LogP contribution in [0.25, 0.3) is 5.69 Å². The van der Waals surface area contributed by atoms with E-state index >= 15 is 0 Å². The molecule has 0 saturated heterocycles. The van der Waals surface area contributed by atoms with Gasteiger partial charge in [-0.2, -0.15) is 5.10 Å². The molecule has 2 heterocycles. The third-order valence-electron chi connectivity index (χ3n) is 6.21. The maximum absolute atomic E-state index is 13.9. The number of hydrogen-bond donors (Lipinski definition) is 0. The standard InChI is InChI=1S/C26H32N4O3S2/c1-5-7-11-21-18-29(20-12-9-8-10-13-20)23-14-24(34-4)22(15-25(23)35(32)28(21)3)30-17-19(16-27-30)26(31)33-6-2/h8-10,12-17,21H,5-7,11,18H2,1-4H3. The van der Waals surface area contributed by atoms with Gasteiger partial charge in [0.05, 0.1) is 34.6 Å². The maximum atomic E-state index is 13.9. The summed E-state index contributed by atoms with van der Waals surface area (Å²) in [7, 11) is 0.593. The summed E-state index contributed by atoms with van der Waals surface area (Å²) in [5, 5.41) is 4.42. The second kappa shape index (κ2) is 11.4. The fraction of sp³-hybridized carbons (Fsp3) is 0.385. The van der Waals surface area contributed by atoms with Crippen molar-refractivity contribution in [3.63, 3.8) is 0 Å². The number of nitrogens with zero attached hydrogens (tertiary/aromatic N) is 4. The van der Waals surface area contributed by atoms with E-state index in [1.165, 1.54) is 6.20 Å². The molecule has 0 radical (unpaired) electrons. The highest BCUT2D eigenvalue weighted by Gasteiger charge is 2.32. The Morgan fingerprint density at radius 2 is 1.97 bits per heavy atom. The number of unbranched alkanes of at least 4 members (excludes halogenated alkanes) is 1. The molecular formula is C26H32N4O3S2. The Morgan fingerprint density at radius 1 is 1.20 bits per heavy atom. The van der Waals surface area contributed by atoms with Gasteiger partial charge >= 0.3 is 5.97 Å². The lowest BCUT2D eigenvalue weighted by molar-refractivity contribution is 0.0526. The number of likely N-dealkylation sites (N-methyl/N-ethyl adjacent to an activating group) is 1. The molecule has 0 spiro atoms. The average molecular weight is 513 g/mol. The molecule has 0 N–H and O–H groups in total. The lowest BCUT2D eigenvalue weighted by atomic mass is 10.1. The predicted molar refractivity (Wildman–Crippen MR) is 142 cm³/mol. The summed E-state index contributed by atoms with van der Waals surface area (Å²) >= 11 is 1.60. The van der Waals surface area contributed by atoms with Crippen molar-refractivity contribution in [1.29, 1.82) is 0 Å². The Morgan fingerprint density at radius 3 is 2.66 bits per heavy atom. The van der Waals surface area contributed by atoms with E-state index in [4.69, 9.17) is 4.74 Å². The quantitative estimate of drug-likeness (QED) is 0.296. The first-order chi connectivity index (χ1) is 17.0. The zero-order valence-electron chi connectivity index (χ0n) is 20.6. The number of rotatable bonds is 8. The molecule has 35 heavy (non-hydrogen) atoms. The predicted octanol–water partition coefficient (Wildman–Crippen LogP) is 5.44. The van der Waals surface area contributed by atoms with Crippen molar-refractivity contribution in [1.82, 2.24) is 14.1 Å². The number of ether oxygens (including phenoxy) is 1. The minimum absolute atomic E-state index is 0.143. The van der Waals surface area contributed by atoms with Crippen LogP contribution < -0.4 is 4.90 Å². The van der Waals surface area contributed by atoms with Crippen LogP contribution in [0.3, 0.4) is 0 Å². The van der Waals surface area contributed by atoms with Crippen LogP contribution in [0.15, 0.2) is 64.6 Å². The van der Waals surface area contributed by atoms with Gasteiger partial charge in [0.25, 0.3) is 0 Å².